The molecule has 1 saturated carbocycles. The third-order valence-corrected chi connectivity index (χ3v) is 11.8. The van der Waals surface area contributed by atoms with Gasteiger partial charge in [0.25, 0.3) is 5.91 Å². The minimum absolute atomic E-state index is 0.111. The fraction of sp³-hybridized carbons (Fsp3) is 0.422. The van der Waals surface area contributed by atoms with Gasteiger partial charge in [0.15, 0.2) is 17.8 Å². The Labute approximate surface area is 341 Å². The summed E-state index contributed by atoms with van der Waals surface area (Å²) >= 11 is 0. The molecule has 2 aliphatic carbocycles. The molecule has 2 N–H and O–H groups in total. The van der Waals surface area contributed by atoms with Gasteiger partial charge in [-0.25, -0.2) is 4.79 Å². The lowest BCUT2D eigenvalue weighted by Crippen LogP contribution is -2.65. The van der Waals surface area contributed by atoms with Gasteiger partial charge in [-0.15, -0.1) is 0 Å². The molecule has 9 atom stereocenters. The van der Waals surface area contributed by atoms with Gasteiger partial charge in [0.05, 0.1) is 36.8 Å². The van der Waals surface area contributed by atoms with Crippen LogP contribution in [0.1, 0.15) is 85.7 Å². The highest BCUT2D eigenvalue weighted by Crippen LogP contribution is 2.58. The SMILES string of the molecule is CC(=O)OC1C(=O)C2(CC(OC(=O)c3ccccc3)C3(O)CC(OC(=O)CC(NC(=O)c4ccccc4)c4ccccc4)C=C1C3(C)C)OC2CC1OCC1OC(C)=O. The van der Waals surface area contributed by atoms with Gasteiger partial charge in [-0.2, -0.15) is 0 Å². The molecule has 3 aromatic rings. The molecule has 14 nitrogen and oxygen atoms in total. The van der Waals surface area contributed by atoms with Crippen LogP contribution in [-0.4, -0.2) is 95.1 Å². The highest BCUT2D eigenvalue weighted by atomic mass is 16.6. The van der Waals surface area contributed by atoms with Gasteiger partial charge in [0.2, 0.25) is 5.78 Å². The van der Waals surface area contributed by atoms with Gasteiger partial charge >= 0.3 is 23.9 Å². The van der Waals surface area contributed by atoms with Crippen LogP contribution in [0.3, 0.4) is 0 Å². The summed E-state index contributed by atoms with van der Waals surface area (Å²) in [6.45, 7) is 5.88. The number of fused-ring (bicyclic) bond motifs is 2. The van der Waals surface area contributed by atoms with Crippen LogP contribution in [0.5, 0.6) is 0 Å². The highest BCUT2D eigenvalue weighted by Gasteiger charge is 2.72. The van der Waals surface area contributed by atoms with E-state index in [4.69, 9.17) is 28.4 Å². The number of rotatable bonds is 12. The molecule has 59 heavy (non-hydrogen) atoms. The van der Waals surface area contributed by atoms with Crippen LogP contribution in [0, 0.1) is 5.41 Å². The topological polar surface area (TPSA) is 193 Å². The first kappa shape index (κ1) is 41.5. The Morgan fingerprint density at radius 1 is 0.814 bits per heavy atom. The second kappa shape index (κ2) is 16.5. The number of carbonyl (C=O) groups excluding carboxylic acids is 6. The molecule has 1 amide bonds. The normalized spacial score (nSPS) is 29.6. The van der Waals surface area contributed by atoms with Crippen molar-refractivity contribution in [1.82, 2.24) is 5.32 Å². The molecule has 0 radical (unpaired) electrons. The summed E-state index contributed by atoms with van der Waals surface area (Å²) in [4.78, 5) is 80.3. The molecule has 2 bridgehead atoms. The van der Waals surface area contributed by atoms with Gasteiger partial charge in [-0.1, -0.05) is 80.6 Å². The van der Waals surface area contributed by atoms with Gasteiger partial charge in [0, 0.05) is 44.1 Å². The molecular weight excluding hydrogens is 762 g/mol. The Balaban J connectivity index is 1.22. The van der Waals surface area contributed by atoms with Crippen molar-refractivity contribution in [2.24, 2.45) is 5.41 Å². The molecule has 3 fully saturated rings. The second-order valence-corrected chi connectivity index (χ2v) is 16.0. The smallest absolute Gasteiger partial charge is 0.338 e. The zero-order valence-electron chi connectivity index (χ0n) is 33.2. The minimum atomic E-state index is -2.05. The van der Waals surface area contributed by atoms with Crippen molar-refractivity contribution in [3.63, 3.8) is 0 Å². The fourth-order valence-electron chi connectivity index (χ4n) is 8.48. The van der Waals surface area contributed by atoms with E-state index in [2.05, 4.69) is 5.32 Å². The maximum Gasteiger partial charge on any atom is 0.338 e. The summed E-state index contributed by atoms with van der Waals surface area (Å²) in [7, 11) is 0. The maximum atomic E-state index is 14.9. The molecule has 4 aliphatic rings. The van der Waals surface area contributed by atoms with E-state index in [1.807, 2.05) is 0 Å². The van der Waals surface area contributed by atoms with Crippen molar-refractivity contribution in [1.29, 1.82) is 0 Å². The summed E-state index contributed by atoms with van der Waals surface area (Å²) in [6, 6.07) is 24.8. The Bertz CT molecular complexity index is 2120. The highest BCUT2D eigenvalue weighted by molar-refractivity contribution is 5.99. The predicted molar refractivity (Wildman–Crippen MR) is 207 cm³/mol. The lowest BCUT2D eigenvalue weighted by Gasteiger charge is -2.54. The van der Waals surface area contributed by atoms with Crippen LogP contribution >= 0.6 is 0 Å². The molecule has 2 aliphatic heterocycles. The first-order chi connectivity index (χ1) is 28.1. The number of aliphatic hydroxyl groups is 1. The first-order valence-corrected chi connectivity index (χ1v) is 19.6. The summed E-state index contributed by atoms with van der Waals surface area (Å²) in [6.07, 6.45) is -5.61. The van der Waals surface area contributed by atoms with E-state index in [9.17, 15) is 33.9 Å². The third kappa shape index (κ3) is 8.43. The average molecular weight is 810 g/mol. The molecule has 0 aromatic heterocycles. The van der Waals surface area contributed by atoms with Crippen LogP contribution < -0.4 is 5.32 Å². The number of epoxide rings is 1. The number of ketones is 1. The van der Waals surface area contributed by atoms with E-state index < -0.39 is 94.9 Å². The number of amides is 1. The molecular formula is C45H47NO13. The number of nitrogens with one attached hydrogen (secondary N) is 1. The van der Waals surface area contributed by atoms with Crippen LogP contribution in [0.25, 0.3) is 0 Å². The molecule has 310 valence electrons. The Morgan fingerprint density at radius 2 is 1.42 bits per heavy atom. The van der Waals surface area contributed by atoms with E-state index in [-0.39, 0.29) is 43.4 Å². The van der Waals surface area contributed by atoms with E-state index in [1.165, 1.54) is 13.0 Å². The zero-order chi connectivity index (χ0) is 42.1. The summed E-state index contributed by atoms with van der Waals surface area (Å²) in [5.74, 6) is -3.88. The lowest BCUT2D eigenvalue weighted by atomic mass is 9.56. The van der Waals surface area contributed by atoms with Gasteiger partial charge in [-0.3, -0.25) is 24.0 Å². The standard InChI is InChI=1S/C45H47NO13/c1-26(47)55-35-25-54-34(35)22-36-44(59-36)24-37(58-42(52)30-18-12-7-13-19-30)45(53)23-31(20-32(43(45,3)4)39(40(44)50)56-27(2)48)57-38(49)21-33(28-14-8-5-9-15-28)46-41(51)29-16-10-6-11-17-29/h5-20,31,33-37,39,53H,21-25H2,1-4H3,(H,46,51). The summed E-state index contributed by atoms with van der Waals surface area (Å²) < 4.78 is 35.2. The van der Waals surface area contributed by atoms with Crippen molar-refractivity contribution in [2.75, 3.05) is 6.61 Å². The molecule has 7 rings (SSSR count). The largest absolute Gasteiger partial charge is 0.458 e. The van der Waals surface area contributed by atoms with E-state index in [1.54, 1.807) is 105 Å². The third-order valence-electron chi connectivity index (χ3n) is 11.8. The number of ether oxygens (including phenoxy) is 6. The van der Waals surface area contributed by atoms with Crippen LogP contribution in [0.15, 0.2) is 103 Å². The van der Waals surface area contributed by atoms with E-state index in [0.717, 1.165) is 6.92 Å². The number of carbonyl (C=O) groups is 6. The zero-order valence-corrected chi connectivity index (χ0v) is 33.2. The number of benzene rings is 3. The molecule has 2 saturated heterocycles. The van der Waals surface area contributed by atoms with Crippen molar-refractivity contribution in [3.8, 4) is 0 Å². The lowest BCUT2D eigenvalue weighted by molar-refractivity contribution is -0.198. The van der Waals surface area contributed by atoms with Gasteiger partial charge in [-0.05, 0) is 41.5 Å². The van der Waals surface area contributed by atoms with Crippen LogP contribution in [0.4, 0.5) is 0 Å². The number of Topliss-reactive ketones (excluding diaryl/α,β-unsaturated/α-hetero) is 1. The second-order valence-electron chi connectivity index (χ2n) is 16.0. The molecule has 2 heterocycles. The van der Waals surface area contributed by atoms with E-state index in [0.29, 0.717) is 11.1 Å². The Kier molecular flexibility index (Phi) is 11.6. The molecule has 9 unspecified atom stereocenters. The average Bonchev–Trinajstić information content (AvgIpc) is 3.91. The van der Waals surface area contributed by atoms with Crippen LogP contribution in [-0.2, 0) is 47.6 Å². The molecule has 3 aromatic carbocycles. The van der Waals surface area contributed by atoms with Crippen LogP contribution in [0.2, 0.25) is 0 Å². The maximum absolute atomic E-state index is 14.9. The van der Waals surface area contributed by atoms with Crippen molar-refractivity contribution < 1.29 is 62.3 Å². The number of hydrogen-bond donors (Lipinski definition) is 2. The number of hydrogen-bond acceptors (Lipinski definition) is 13. The first-order valence-electron chi connectivity index (χ1n) is 19.6. The van der Waals surface area contributed by atoms with Gasteiger partial charge in [0.1, 0.15) is 17.8 Å². The summed E-state index contributed by atoms with van der Waals surface area (Å²) in [5, 5.41) is 16.0. The number of esters is 4. The quantitative estimate of drug-likeness (QED) is 0.112. The van der Waals surface area contributed by atoms with Crippen molar-refractivity contribution in [2.45, 2.75) is 107 Å². The fourth-order valence-corrected chi connectivity index (χ4v) is 8.48. The molecule has 1 spiro atoms. The minimum Gasteiger partial charge on any atom is -0.458 e. The monoisotopic (exact) mass is 809 g/mol. The Morgan fingerprint density at radius 3 is 2.02 bits per heavy atom. The molecule has 14 heteroatoms. The van der Waals surface area contributed by atoms with Crippen molar-refractivity contribution >= 4 is 35.6 Å². The van der Waals surface area contributed by atoms with Crippen molar-refractivity contribution in [3.05, 3.63) is 119 Å². The predicted octanol–water partition coefficient (Wildman–Crippen LogP) is 4.54. The van der Waals surface area contributed by atoms with Gasteiger partial charge < -0.3 is 38.8 Å². The van der Waals surface area contributed by atoms with E-state index >= 15 is 0 Å². The Hall–Kier alpha value is -5.70. The summed E-state index contributed by atoms with van der Waals surface area (Å²) in [5.41, 5.74) is -3.85.